The van der Waals surface area contributed by atoms with Crippen molar-refractivity contribution in [3.05, 3.63) is 58.3 Å². The lowest BCUT2D eigenvalue weighted by Gasteiger charge is -2.31. The fourth-order valence-corrected chi connectivity index (χ4v) is 5.07. The van der Waals surface area contributed by atoms with E-state index in [2.05, 4.69) is 10.3 Å². The molecule has 0 bridgehead atoms. The lowest BCUT2D eigenvalue weighted by atomic mass is 9.85. The number of anilines is 1. The van der Waals surface area contributed by atoms with E-state index >= 15 is 0 Å². The number of hydrogen-bond acceptors (Lipinski definition) is 6. The van der Waals surface area contributed by atoms with Crippen LogP contribution in [0.4, 0.5) is 5.69 Å². The molecule has 196 valence electrons. The quantitative estimate of drug-likeness (QED) is 0.394. The number of nitrogens with two attached hydrogens (primary N) is 1. The average Bonchev–Trinajstić information content (AvgIpc) is 2.86. The molecule has 37 heavy (non-hydrogen) atoms. The minimum absolute atomic E-state index is 0.0333. The van der Waals surface area contributed by atoms with E-state index in [1.807, 2.05) is 51.1 Å². The van der Waals surface area contributed by atoms with E-state index in [1.165, 1.54) is 0 Å². The van der Waals surface area contributed by atoms with E-state index in [0.717, 1.165) is 41.7 Å². The van der Waals surface area contributed by atoms with Crippen LogP contribution in [0.25, 0.3) is 10.9 Å². The van der Waals surface area contributed by atoms with Crippen molar-refractivity contribution in [3.63, 3.8) is 0 Å². The molecule has 1 heterocycles. The van der Waals surface area contributed by atoms with Crippen molar-refractivity contribution in [1.29, 1.82) is 0 Å². The maximum atomic E-state index is 13.5. The number of methoxy groups -OCH3 is 1. The number of aromatic carboxylic acids is 1. The van der Waals surface area contributed by atoms with Crippen LogP contribution in [0.5, 0.6) is 11.5 Å². The number of nitrogens with zero attached hydrogens (tertiary/aromatic N) is 1. The van der Waals surface area contributed by atoms with Gasteiger partial charge in [-0.25, -0.2) is 4.79 Å². The molecule has 0 fully saturated rings. The standard InChI is InChI=1S/C29H35N3O5/c1-6-17-13-14-21-24(25(30)23(27(33)34)16(2)31-21)26(17)37-15-29(3,4)28(35)32-20-11-7-10-19-18(20)9-8-12-22(19)36-5/h8-9,12-14,20H,6-7,10-11,15H2,1-5H3,(H2,30,31)(H,32,35)(H,33,34). The number of hydrogen-bond donors (Lipinski definition) is 3. The Morgan fingerprint density at radius 1 is 1.24 bits per heavy atom. The summed E-state index contributed by atoms with van der Waals surface area (Å²) in [6.07, 6.45) is 3.38. The van der Waals surface area contributed by atoms with Gasteiger partial charge in [-0.2, -0.15) is 0 Å². The lowest BCUT2D eigenvalue weighted by Crippen LogP contribution is -2.43. The highest BCUT2D eigenvalue weighted by Crippen LogP contribution is 2.38. The van der Waals surface area contributed by atoms with E-state index in [4.69, 9.17) is 15.2 Å². The first-order valence-corrected chi connectivity index (χ1v) is 12.6. The summed E-state index contributed by atoms with van der Waals surface area (Å²) in [6.45, 7) is 7.36. The molecule has 8 nitrogen and oxygen atoms in total. The van der Waals surface area contributed by atoms with Gasteiger partial charge in [0.05, 0.1) is 40.9 Å². The zero-order valence-electron chi connectivity index (χ0n) is 22.1. The van der Waals surface area contributed by atoms with Gasteiger partial charge in [0.15, 0.2) is 0 Å². The molecule has 4 N–H and O–H groups in total. The van der Waals surface area contributed by atoms with Crippen LogP contribution in [-0.2, 0) is 17.6 Å². The molecule has 0 aliphatic heterocycles. The van der Waals surface area contributed by atoms with Crippen LogP contribution in [0, 0.1) is 12.3 Å². The van der Waals surface area contributed by atoms with Gasteiger partial charge < -0.3 is 25.6 Å². The van der Waals surface area contributed by atoms with Crippen LogP contribution in [0.2, 0.25) is 0 Å². The maximum absolute atomic E-state index is 13.5. The minimum Gasteiger partial charge on any atom is -0.496 e. The summed E-state index contributed by atoms with van der Waals surface area (Å²) in [5, 5.41) is 13.4. The molecule has 0 radical (unpaired) electrons. The molecule has 1 unspecified atom stereocenters. The number of fused-ring (bicyclic) bond motifs is 2. The van der Waals surface area contributed by atoms with E-state index < -0.39 is 11.4 Å². The van der Waals surface area contributed by atoms with Crippen LogP contribution in [0.3, 0.4) is 0 Å². The molecule has 0 saturated carbocycles. The van der Waals surface area contributed by atoms with Crippen molar-refractivity contribution < 1.29 is 24.2 Å². The maximum Gasteiger partial charge on any atom is 0.339 e. The Hall–Kier alpha value is -3.81. The molecular weight excluding hydrogens is 470 g/mol. The highest BCUT2D eigenvalue weighted by molar-refractivity contribution is 6.07. The fraction of sp³-hybridized carbons (Fsp3) is 0.414. The molecular formula is C29H35N3O5. The van der Waals surface area contributed by atoms with E-state index in [9.17, 15) is 14.7 Å². The number of rotatable bonds is 8. The number of ether oxygens (including phenoxy) is 2. The van der Waals surface area contributed by atoms with Gasteiger partial charge in [0.25, 0.3) is 0 Å². The summed E-state index contributed by atoms with van der Waals surface area (Å²) in [4.78, 5) is 29.8. The van der Waals surface area contributed by atoms with Crippen molar-refractivity contribution in [2.45, 2.75) is 59.4 Å². The number of nitrogens with one attached hydrogen (secondary N) is 1. The fourth-order valence-electron chi connectivity index (χ4n) is 5.07. The van der Waals surface area contributed by atoms with Gasteiger partial charge in [0.2, 0.25) is 5.91 Å². The zero-order chi connectivity index (χ0) is 26.9. The Morgan fingerprint density at radius 3 is 2.68 bits per heavy atom. The van der Waals surface area contributed by atoms with E-state index in [1.54, 1.807) is 14.0 Å². The molecule has 1 aromatic heterocycles. The summed E-state index contributed by atoms with van der Waals surface area (Å²) in [5.74, 6) is 0.0614. The number of carboxylic acids is 1. The van der Waals surface area contributed by atoms with Crippen molar-refractivity contribution >= 4 is 28.5 Å². The predicted molar refractivity (Wildman–Crippen MR) is 143 cm³/mol. The van der Waals surface area contributed by atoms with Crippen LogP contribution < -0.4 is 20.5 Å². The minimum atomic E-state index is -1.14. The Kier molecular flexibility index (Phi) is 7.30. The van der Waals surface area contributed by atoms with E-state index in [-0.39, 0.29) is 29.8 Å². The Bertz CT molecular complexity index is 1370. The molecule has 2 aromatic carbocycles. The summed E-state index contributed by atoms with van der Waals surface area (Å²) >= 11 is 0. The van der Waals surface area contributed by atoms with E-state index in [0.29, 0.717) is 28.8 Å². The smallest absolute Gasteiger partial charge is 0.339 e. The number of aromatic nitrogens is 1. The highest BCUT2D eigenvalue weighted by Gasteiger charge is 2.33. The normalized spacial score (nSPS) is 15.2. The monoisotopic (exact) mass is 505 g/mol. The first-order chi connectivity index (χ1) is 17.6. The Labute approximate surface area is 217 Å². The number of carbonyl (C=O) groups is 2. The van der Waals surface area contributed by atoms with Crippen LogP contribution in [0.1, 0.15) is 72.4 Å². The van der Waals surface area contributed by atoms with Crippen LogP contribution in [-0.4, -0.2) is 35.7 Å². The van der Waals surface area contributed by atoms with Gasteiger partial charge >= 0.3 is 5.97 Å². The number of amides is 1. The summed E-state index contributed by atoms with van der Waals surface area (Å²) < 4.78 is 11.8. The molecule has 0 spiro atoms. The van der Waals surface area contributed by atoms with Crippen LogP contribution >= 0.6 is 0 Å². The number of nitrogen functional groups attached to an aromatic ring is 1. The number of aryl methyl sites for hydroxylation is 2. The van der Waals surface area contributed by atoms with Crippen molar-refractivity contribution in [2.75, 3.05) is 19.5 Å². The van der Waals surface area contributed by atoms with Gasteiger partial charge in [-0.15, -0.1) is 0 Å². The molecule has 1 aliphatic rings. The third-order valence-electron chi connectivity index (χ3n) is 7.18. The third-order valence-corrected chi connectivity index (χ3v) is 7.18. The largest absolute Gasteiger partial charge is 0.496 e. The molecule has 4 rings (SSSR count). The molecule has 0 saturated heterocycles. The summed E-state index contributed by atoms with van der Waals surface area (Å²) in [6, 6.07) is 9.58. The SMILES string of the molecule is CCc1ccc2nc(C)c(C(=O)O)c(N)c2c1OCC(C)(C)C(=O)NC1CCCc2c(OC)cccc21. The molecule has 1 aliphatic carbocycles. The van der Waals surface area contributed by atoms with Crippen molar-refractivity contribution in [3.8, 4) is 11.5 Å². The number of carboxylic acid groups (broad SMARTS) is 1. The average molecular weight is 506 g/mol. The predicted octanol–water partition coefficient (Wildman–Crippen LogP) is 4.99. The molecule has 8 heteroatoms. The third kappa shape index (κ3) is 4.92. The first-order valence-electron chi connectivity index (χ1n) is 12.6. The zero-order valence-corrected chi connectivity index (χ0v) is 22.1. The summed E-state index contributed by atoms with van der Waals surface area (Å²) in [7, 11) is 1.67. The Balaban J connectivity index is 1.61. The van der Waals surface area contributed by atoms with Gasteiger partial charge in [-0.1, -0.05) is 25.1 Å². The van der Waals surface area contributed by atoms with Gasteiger partial charge in [-0.05, 0) is 75.3 Å². The molecule has 3 aromatic rings. The van der Waals surface area contributed by atoms with Crippen molar-refractivity contribution in [2.24, 2.45) is 5.41 Å². The van der Waals surface area contributed by atoms with Crippen LogP contribution in [0.15, 0.2) is 30.3 Å². The second-order valence-electron chi connectivity index (χ2n) is 10.2. The van der Waals surface area contributed by atoms with Crippen molar-refractivity contribution in [1.82, 2.24) is 10.3 Å². The van der Waals surface area contributed by atoms with Gasteiger partial charge in [0.1, 0.15) is 23.7 Å². The summed E-state index contributed by atoms with van der Waals surface area (Å²) in [5.41, 5.74) is 9.57. The number of pyridine rings is 1. The highest BCUT2D eigenvalue weighted by atomic mass is 16.5. The van der Waals surface area contributed by atoms with Gasteiger partial charge in [0, 0.05) is 0 Å². The van der Waals surface area contributed by atoms with Gasteiger partial charge in [-0.3, -0.25) is 9.78 Å². The molecule has 1 atom stereocenters. The topological polar surface area (TPSA) is 124 Å². The first kappa shape index (κ1) is 26.3. The number of benzene rings is 2. The second-order valence-corrected chi connectivity index (χ2v) is 10.2. The molecule has 1 amide bonds. The second kappa shape index (κ2) is 10.3. The lowest BCUT2D eigenvalue weighted by molar-refractivity contribution is -0.131. The number of carbonyl (C=O) groups excluding carboxylic acids is 1. The Morgan fingerprint density at radius 2 is 2.00 bits per heavy atom.